The lowest BCUT2D eigenvalue weighted by molar-refractivity contribution is 0.559. The molecule has 1 atom stereocenters. The van der Waals surface area contributed by atoms with Crippen molar-refractivity contribution in [3.63, 3.8) is 0 Å². The molecule has 2 rings (SSSR count). The molecule has 2 heterocycles. The highest BCUT2D eigenvalue weighted by Gasteiger charge is 2.05. The Morgan fingerprint density at radius 3 is 3.25 bits per heavy atom. The maximum atomic E-state index is 8.56. The summed E-state index contributed by atoms with van der Waals surface area (Å²) in [6.07, 6.45) is 4.32. The molecule has 0 bridgehead atoms. The SMILES string of the molecule is CC(CC#N)NCc1cnn2ccccc12. The molecule has 2 aromatic heterocycles. The number of fused-ring (bicyclic) bond motifs is 1. The van der Waals surface area contributed by atoms with Gasteiger partial charge < -0.3 is 5.32 Å². The predicted molar refractivity (Wildman–Crippen MR) is 61.7 cm³/mol. The Bertz CT molecular complexity index is 509. The van der Waals surface area contributed by atoms with E-state index < -0.39 is 0 Å². The average Bonchev–Trinajstić information content (AvgIpc) is 2.70. The van der Waals surface area contributed by atoms with Gasteiger partial charge in [0.05, 0.1) is 24.2 Å². The van der Waals surface area contributed by atoms with Crippen LogP contribution in [0.1, 0.15) is 18.9 Å². The lowest BCUT2D eigenvalue weighted by Crippen LogP contribution is -2.24. The predicted octanol–water partition coefficient (Wildman–Crippen LogP) is 1.73. The van der Waals surface area contributed by atoms with Crippen LogP contribution in [0.4, 0.5) is 0 Å². The van der Waals surface area contributed by atoms with Crippen molar-refractivity contribution in [2.24, 2.45) is 0 Å². The van der Waals surface area contributed by atoms with Crippen LogP contribution in [0.3, 0.4) is 0 Å². The molecule has 1 unspecified atom stereocenters. The lowest BCUT2D eigenvalue weighted by atomic mass is 10.2. The summed E-state index contributed by atoms with van der Waals surface area (Å²) in [4.78, 5) is 0. The van der Waals surface area contributed by atoms with Crippen molar-refractivity contribution in [2.75, 3.05) is 0 Å². The summed E-state index contributed by atoms with van der Waals surface area (Å²) in [5.41, 5.74) is 2.27. The first kappa shape index (κ1) is 10.7. The second-order valence-electron chi connectivity index (χ2n) is 3.84. The number of hydrogen-bond acceptors (Lipinski definition) is 3. The summed E-state index contributed by atoms with van der Waals surface area (Å²) < 4.78 is 1.85. The minimum absolute atomic E-state index is 0.212. The van der Waals surface area contributed by atoms with Gasteiger partial charge in [0, 0.05) is 24.3 Å². The first-order chi connectivity index (χ1) is 7.81. The molecule has 4 heteroatoms. The number of nitrogens with one attached hydrogen (secondary N) is 1. The number of pyridine rings is 1. The Morgan fingerprint density at radius 1 is 1.56 bits per heavy atom. The van der Waals surface area contributed by atoms with Gasteiger partial charge in [-0.05, 0) is 19.1 Å². The van der Waals surface area contributed by atoms with Gasteiger partial charge in [-0.15, -0.1) is 0 Å². The molecule has 16 heavy (non-hydrogen) atoms. The van der Waals surface area contributed by atoms with Crippen LogP contribution < -0.4 is 5.32 Å². The summed E-state index contributed by atoms with van der Waals surface area (Å²) in [7, 11) is 0. The first-order valence-electron chi connectivity index (χ1n) is 5.33. The summed E-state index contributed by atoms with van der Waals surface area (Å²) in [6.45, 7) is 2.76. The quantitative estimate of drug-likeness (QED) is 0.843. The summed E-state index contributed by atoms with van der Waals surface area (Å²) in [5.74, 6) is 0. The molecule has 1 N–H and O–H groups in total. The number of rotatable bonds is 4. The van der Waals surface area contributed by atoms with E-state index in [1.165, 1.54) is 0 Å². The van der Waals surface area contributed by atoms with Gasteiger partial charge >= 0.3 is 0 Å². The normalized spacial score (nSPS) is 12.5. The van der Waals surface area contributed by atoms with Crippen LogP contribution in [0.25, 0.3) is 5.52 Å². The Hall–Kier alpha value is -1.86. The van der Waals surface area contributed by atoms with Crippen molar-refractivity contribution >= 4 is 5.52 Å². The number of aromatic nitrogens is 2. The molecule has 0 spiro atoms. The van der Waals surface area contributed by atoms with E-state index in [-0.39, 0.29) is 6.04 Å². The smallest absolute Gasteiger partial charge is 0.0706 e. The second kappa shape index (κ2) is 4.77. The van der Waals surface area contributed by atoms with E-state index >= 15 is 0 Å². The van der Waals surface area contributed by atoms with Gasteiger partial charge in [0.25, 0.3) is 0 Å². The largest absolute Gasteiger partial charge is 0.309 e. The van der Waals surface area contributed by atoms with Crippen LogP contribution in [0, 0.1) is 11.3 Å². The van der Waals surface area contributed by atoms with Gasteiger partial charge in [0.2, 0.25) is 0 Å². The van der Waals surface area contributed by atoms with Crippen molar-refractivity contribution in [3.05, 3.63) is 36.2 Å². The summed E-state index contributed by atoms with van der Waals surface area (Å²) >= 11 is 0. The Kier molecular flexibility index (Phi) is 3.18. The van der Waals surface area contributed by atoms with Gasteiger partial charge in [-0.2, -0.15) is 10.4 Å². The molecule has 0 aliphatic carbocycles. The van der Waals surface area contributed by atoms with Gasteiger partial charge in [0.15, 0.2) is 0 Å². The van der Waals surface area contributed by atoms with Crippen molar-refractivity contribution in [3.8, 4) is 6.07 Å². The van der Waals surface area contributed by atoms with Crippen LogP contribution in [-0.4, -0.2) is 15.7 Å². The first-order valence-corrected chi connectivity index (χ1v) is 5.33. The summed E-state index contributed by atoms with van der Waals surface area (Å²) in [6, 6.07) is 8.36. The Morgan fingerprint density at radius 2 is 2.44 bits per heavy atom. The molecule has 82 valence electrons. The van der Waals surface area contributed by atoms with Gasteiger partial charge in [-0.3, -0.25) is 0 Å². The molecule has 0 fully saturated rings. The Labute approximate surface area is 94.5 Å². The molecule has 0 saturated carbocycles. The van der Waals surface area contributed by atoms with Gasteiger partial charge in [0.1, 0.15) is 0 Å². The van der Waals surface area contributed by atoms with Crippen LogP contribution in [0.5, 0.6) is 0 Å². The van der Waals surface area contributed by atoms with E-state index in [2.05, 4.69) is 16.5 Å². The van der Waals surface area contributed by atoms with Crippen molar-refractivity contribution in [2.45, 2.75) is 25.9 Å². The van der Waals surface area contributed by atoms with Crippen LogP contribution in [-0.2, 0) is 6.54 Å². The second-order valence-corrected chi connectivity index (χ2v) is 3.84. The van der Waals surface area contributed by atoms with Crippen LogP contribution >= 0.6 is 0 Å². The third-order valence-corrected chi connectivity index (χ3v) is 2.54. The topological polar surface area (TPSA) is 53.1 Å². The number of nitrogens with zero attached hydrogens (tertiary/aromatic N) is 3. The maximum absolute atomic E-state index is 8.56. The third-order valence-electron chi connectivity index (χ3n) is 2.54. The third kappa shape index (κ3) is 2.20. The molecular weight excluding hydrogens is 200 g/mol. The highest BCUT2D eigenvalue weighted by molar-refractivity contribution is 5.53. The minimum atomic E-state index is 0.212. The zero-order valence-electron chi connectivity index (χ0n) is 9.22. The highest BCUT2D eigenvalue weighted by atomic mass is 15.2. The molecule has 0 aliphatic heterocycles. The monoisotopic (exact) mass is 214 g/mol. The molecular formula is C12H14N4. The molecule has 0 aliphatic rings. The fraction of sp³-hybridized carbons (Fsp3) is 0.333. The maximum Gasteiger partial charge on any atom is 0.0706 e. The van der Waals surface area contributed by atoms with Gasteiger partial charge in [-0.25, -0.2) is 4.52 Å². The zero-order chi connectivity index (χ0) is 11.4. The van der Waals surface area contributed by atoms with Crippen LogP contribution in [0.2, 0.25) is 0 Å². The fourth-order valence-corrected chi connectivity index (χ4v) is 1.62. The van der Waals surface area contributed by atoms with Gasteiger partial charge in [-0.1, -0.05) is 6.07 Å². The van der Waals surface area contributed by atoms with E-state index in [0.717, 1.165) is 17.6 Å². The molecule has 4 nitrogen and oxygen atoms in total. The molecule has 0 aromatic carbocycles. The Balaban J connectivity index is 2.08. The molecule has 2 aromatic rings. The zero-order valence-corrected chi connectivity index (χ0v) is 9.22. The van der Waals surface area contributed by atoms with Crippen LogP contribution in [0.15, 0.2) is 30.6 Å². The molecule has 0 radical (unpaired) electrons. The number of nitriles is 1. The lowest BCUT2D eigenvalue weighted by Gasteiger charge is -2.08. The van der Waals surface area contributed by atoms with E-state index in [0.29, 0.717) is 6.42 Å². The average molecular weight is 214 g/mol. The highest BCUT2D eigenvalue weighted by Crippen LogP contribution is 2.09. The van der Waals surface area contributed by atoms with E-state index in [1.807, 2.05) is 42.0 Å². The van der Waals surface area contributed by atoms with Crippen molar-refractivity contribution in [1.82, 2.24) is 14.9 Å². The van der Waals surface area contributed by atoms with Crippen molar-refractivity contribution < 1.29 is 0 Å². The fourth-order valence-electron chi connectivity index (χ4n) is 1.62. The standard InChI is InChI=1S/C12H14N4/c1-10(5-6-13)14-8-11-9-15-16-7-3-2-4-12(11)16/h2-4,7,9-10,14H,5,8H2,1H3. The molecule has 0 amide bonds. The summed E-state index contributed by atoms with van der Waals surface area (Å²) in [5, 5.41) is 16.1. The van der Waals surface area contributed by atoms with E-state index in [4.69, 9.17) is 5.26 Å². The van der Waals surface area contributed by atoms with E-state index in [1.54, 1.807) is 0 Å². The number of hydrogen-bond donors (Lipinski definition) is 1. The molecule has 0 saturated heterocycles. The van der Waals surface area contributed by atoms with E-state index in [9.17, 15) is 0 Å². The van der Waals surface area contributed by atoms with Crippen molar-refractivity contribution in [1.29, 1.82) is 5.26 Å². The minimum Gasteiger partial charge on any atom is -0.309 e.